The lowest BCUT2D eigenvalue weighted by Gasteiger charge is -2.20. The van der Waals surface area contributed by atoms with Crippen molar-refractivity contribution in [1.82, 2.24) is 29.6 Å². The maximum atomic E-state index is 12.8. The molecule has 164 valence electrons. The number of H-pyrrole nitrogens is 1. The predicted octanol–water partition coefficient (Wildman–Crippen LogP) is 2.01. The number of nitrogens with one attached hydrogen (secondary N) is 1. The van der Waals surface area contributed by atoms with Gasteiger partial charge in [-0.25, -0.2) is 4.98 Å². The van der Waals surface area contributed by atoms with E-state index in [1.807, 2.05) is 11.5 Å². The summed E-state index contributed by atoms with van der Waals surface area (Å²) >= 11 is 1.37. The Kier molecular flexibility index (Phi) is 6.12. The average Bonchev–Trinajstić information content (AvgIpc) is 3.52. The molecule has 0 spiro atoms. The highest BCUT2D eigenvalue weighted by molar-refractivity contribution is 7.99. The Labute approximate surface area is 183 Å². The van der Waals surface area contributed by atoms with Gasteiger partial charge >= 0.3 is 0 Å². The van der Waals surface area contributed by atoms with Crippen LogP contribution in [0, 0.1) is 0 Å². The van der Waals surface area contributed by atoms with Crippen molar-refractivity contribution in [2.24, 2.45) is 0 Å². The van der Waals surface area contributed by atoms with Crippen LogP contribution in [0.4, 0.5) is 0 Å². The lowest BCUT2D eigenvalue weighted by molar-refractivity contribution is -0.128. The number of nitrogens with zero attached hydrogens (tertiary/aromatic N) is 5. The molecule has 31 heavy (non-hydrogen) atoms. The number of aromatic nitrogens is 5. The number of thioether (sulfide) groups is 1. The van der Waals surface area contributed by atoms with Gasteiger partial charge in [0.2, 0.25) is 5.91 Å². The maximum absolute atomic E-state index is 12.8. The van der Waals surface area contributed by atoms with E-state index in [0.29, 0.717) is 40.8 Å². The molecule has 0 bridgehead atoms. The van der Waals surface area contributed by atoms with E-state index in [4.69, 9.17) is 9.47 Å². The van der Waals surface area contributed by atoms with Gasteiger partial charge in [-0.3, -0.25) is 9.59 Å². The summed E-state index contributed by atoms with van der Waals surface area (Å²) in [6.07, 6.45) is 3.96. The van der Waals surface area contributed by atoms with E-state index < -0.39 is 0 Å². The molecule has 4 rings (SSSR count). The molecule has 2 aromatic heterocycles. The second-order valence-corrected chi connectivity index (χ2v) is 8.13. The number of ether oxygens (including phenoxy) is 2. The molecule has 2 heterocycles. The van der Waals surface area contributed by atoms with E-state index in [9.17, 15) is 9.59 Å². The maximum Gasteiger partial charge on any atom is 0.258 e. The van der Waals surface area contributed by atoms with Crippen LogP contribution in [0.15, 0.2) is 28.4 Å². The molecule has 1 N–H and O–H groups in total. The van der Waals surface area contributed by atoms with Crippen LogP contribution in [0.2, 0.25) is 0 Å². The Morgan fingerprint density at radius 1 is 1.29 bits per heavy atom. The van der Waals surface area contributed by atoms with Crippen molar-refractivity contribution in [3.05, 3.63) is 34.6 Å². The number of benzene rings is 1. The van der Waals surface area contributed by atoms with Gasteiger partial charge in [0.25, 0.3) is 5.56 Å². The highest BCUT2D eigenvalue weighted by atomic mass is 32.2. The van der Waals surface area contributed by atoms with Crippen LogP contribution in [0.3, 0.4) is 0 Å². The topological polar surface area (TPSA) is 115 Å². The molecule has 1 aliphatic carbocycles. The fourth-order valence-corrected chi connectivity index (χ4v) is 4.19. The van der Waals surface area contributed by atoms with Crippen LogP contribution >= 0.6 is 11.8 Å². The first-order chi connectivity index (χ1) is 15.0. The van der Waals surface area contributed by atoms with Gasteiger partial charge in [-0.05, 0) is 25.8 Å². The zero-order chi connectivity index (χ0) is 22.0. The lowest BCUT2D eigenvalue weighted by Crippen LogP contribution is -2.33. The van der Waals surface area contributed by atoms with Gasteiger partial charge in [0, 0.05) is 18.7 Å². The third kappa shape index (κ3) is 4.50. The van der Waals surface area contributed by atoms with Crippen molar-refractivity contribution in [3.63, 3.8) is 0 Å². The SMILES string of the molecule is CCN(Cc1nc2cc(OC)c(OC)cc2c(=O)[nH]1)C(=O)CSc1nncn1C1CC1. The molecule has 1 aromatic carbocycles. The molecule has 1 amide bonds. The normalized spacial score (nSPS) is 13.4. The Morgan fingerprint density at radius 2 is 2.03 bits per heavy atom. The lowest BCUT2D eigenvalue weighted by atomic mass is 10.2. The highest BCUT2D eigenvalue weighted by Gasteiger charge is 2.27. The number of amides is 1. The van der Waals surface area contributed by atoms with Gasteiger partial charge in [0.05, 0.1) is 37.4 Å². The van der Waals surface area contributed by atoms with Crippen LogP contribution in [0.1, 0.15) is 31.6 Å². The zero-order valence-corrected chi connectivity index (χ0v) is 18.4. The minimum atomic E-state index is -0.295. The number of aromatic amines is 1. The molecule has 10 nitrogen and oxygen atoms in total. The third-order valence-corrected chi connectivity index (χ3v) is 6.08. The van der Waals surface area contributed by atoms with E-state index in [-0.39, 0.29) is 23.8 Å². The Morgan fingerprint density at radius 3 is 2.71 bits per heavy atom. The van der Waals surface area contributed by atoms with Crippen LogP contribution in [-0.4, -0.2) is 62.1 Å². The molecule has 1 aliphatic rings. The first-order valence-corrected chi connectivity index (χ1v) is 11.0. The van der Waals surface area contributed by atoms with Crippen molar-refractivity contribution < 1.29 is 14.3 Å². The molecular weight excluding hydrogens is 420 g/mol. The summed E-state index contributed by atoms with van der Waals surface area (Å²) in [4.78, 5) is 34.3. The number of fused-ring (bicyclic) bond motifs is 1. The second-order valence-electron chi connectivity index (χ2n) is 7.19. The molecule has 0 saturated heterocycles. The average molecular weight is 445 g/mol. The fraction of sp³-hybridized carbons (Fsp3) is 0.450. The molecule has 0 radical (unpaired) electrons. The summed E-state index contributed by atoms with van der Waals surface area (Å²) in [6.45, 7) is 2.58. The monoisotopic (exact) mass is 444 g/mol. The van der Waals surface area contributed by atoms with Crippen molar-refractivity contribution in [2.45, 2.75) is 37.5 Å². The molecule has 3 aromatic rings. The number of carbonyl (C=O) groups excluding carboxylic acids is 1. The number of hydrogen-bond donors (Lipinski definition) is 1. The first-order valence-electron chi connectivity index (χ1n) is 9.99. The van der Waals surface area contributed by atoms with E-state index in [1.54, 1.807) is 23.4 Å². The smallest absolute Gasteiger partial charge is 0.258 e. The quantitative estimate of drug-likeness (QED) is 0.499. The molecule has 0 unspecified atom stereocenters. The van der Waals surface area contributed by atoms with Gasteiger partial charge in [-0.15, -0.1) is 10.2 Å². The van der Waals surface area contributed by atoms with Gasteiger partial charge in [0.15, 0.2) is 16.7 Å². The van der Waals surface area contributed by atoms with Crippen molar-refractivity contribution in [2.75, 3.05) is 26.5 Å². The summed E-state index contributed by atoms with van der Waals surface area (Å²) < 4.78 is 12.6. The summed E-state index contributed by atoms with van der Waals surface area (Å²) in [5.74, 6) is 1.52. The van der Waals surface area contributed by atoms with Crippen molar-refractivity contribution in [3.8, 4) is 11.5 Å². The summed E-state index contributed by atoms with van der Waals surface area (Å²) in [5.41, 5.74) is 0.183. The standard InChI is InChI=1S/C20H24N6O4S/c1-4-25(18(27)10-31-20-24-21-11-26(20)12-5-6-12)9-17-22-14-8-16(30-3)15(29-2)7-13(14)19(28)23-17/h7-8,11-12H,4-6,9-10H2,1-3H3,(H,22,23,28). The molecule has 0 aliphatic heterocycles. The Balaban J connectivity index is 1.49. The molecule has 11 heteroatoms. The largest absolute Gasteiger partial charge is 0.493 e. The Hall–Kier alpha value is -3.08. The molecular formula is C20H24N6O4S. The predicted molar refractivity (Wildman–Crippen MR) is 116 cm³/mol. The van der Waals surface area contributed by atoms with E-state index in [0.717, 1.165) is 18.0 Å². The van der Waals surface area contributed by atoms with Crippen LogP contribution in [0.5, 0.6) is 11.5 Å². The molecule has 1 saturated carbocycles. The number of hydrogen-bond acceptors (Lipinski definition) is 8. The second kappa shape index (κ2) is 8.96. The molecule has 0 atom stereocenters. The van der Waals surface area contributed by atoms with Crippen LogP contribution < -0.4 is 15.0 Å². The molecule has 1 fully saturated rings. The van der Waals surface area contributed by atoms with E-state index in [2.05, 4.69) is 20.2 Å². The number of methoxy groups -OCH3 is 2. The minimum Gasteiger partial charge on any atom is -0.493 e. The summed E-state index contributed by atoms with van der Waals surface area (Å²) in [5, 5.41) is 9.22. The van der Waals surface area contributed by atoms with E-state index in [1.165, 1.54) is 26.0 Å². The minimum absolute atomic E-state index is 0.0621. The Bertz CT molecular complexity index is 1160. The summed E-state index contributed by atoms with van der Waals surface area (Å²) in [6, 6.07) is 3.71. The number of rotatable bonds is 9. The zero-order valence-electron chi connectivity index (χ0n) is 17.6. The third-order valence-electron chi connectivity index (χ3n) is 5.14. The van der Waals surface area contributed by atoms with Crippen LogP contribution in [0.25, 0.3) is 10.9 Å². The van der Waals surface area contributed by atoms with E-state index >= 15 is 0 Å². The first kappa shape index (κ1) is 21.2. The van der Waals surface area contributed by atoms with Crippen molar-refractivity contribution in [1.29, 1.82) is 0 Å². The van der Waals surface area contributed by atoms with Gasteiger partial charge in [-0.2, -0.15) is 0 Å². The fourth-order valence-electron chi connectivity index (χ4n) is 3.30. The van der Waals surface area contributed by atoms with Gasteiger partial charge < -0.3 is 23.9 Å². The van der Waals surface area contributed by atoms with Crippen molar-refractivity contribution >= 4 is 28.6 Å². The summed E-state index contributed by atoms with van der Waals surface area (Å²) in [7, 11) is 3.03. The van der Waals surface area contributed by atoms with Gasteiger partial charge in [0.1, 0.15) is 12.2 Å². The number of carbonyl (C=O) groups is 1. The van der Waals surface area contributed by atoms with Crippen LogP contribution in [-0.2, 0) is 11.3 Å². The van der Waals surface area contributed by atoms with Gasteiger partial charge in [-0.1, -0.05) is 11.8 Å². The highest BCUT2D eigenvalue weighted by Crippen LogP contribution is 2.37.